The van der Waals surface area contributed by atoms with Crippen LogP contribution in [0.1, 0.15) is 5.56 Å². The fourth-order valence-corrected chi connectivity index (χ4v) is 3.32. The van der Waals surface area contributed by atoms with E-state index in [9.17, 15) is 8.42 Å². The van der Waals surface area contributed by atoms with Crippen molar-refractivity contribution in [3.63, 3.8) is 0 Å². The summed E-state index contributed by atoms with van der Waals surface area (Å²) in [5, 5.41) is 13.9. The third kappa shape index (κ3) is 4.24. The van der Waals surface area contributed by atoms with Gasteiger partial charge in [-0.05, 0) is 36.2 Å². The highest BCUT2D eigenvalue weighted by Gasteiger charge is 2.07. The number of halogens is 1. The molecule has 0 aliphatic heterocycles. The van der Waals surface area contributed by atoms with Crippen LogP contribution in [0.4, 0.5) is 11.4 Å². The van der Waals surface area contributed by atoms with Crippen molar-refractivity contribution in [2.75, 3.05) is 22.9 Å². The summed E-state index contributed by atoms with van der Waals surface area (Å²) in [6.45, 7) is 0.110. The van der Waals surface area contributed by atoms with Gasteiger partial charge in [0.15, 0.2) is 0 Å². The second-order valence-electron chi connectivity index (χ2n) is 5.63. The standard InChI is InChI=1S/C18H18ClN3O3S/c19-18-11-17(15-3-1-2-4-16(15)21-18)20-10-9-13-5-7-14(8-6-13)22(12-23)26(24)25/h1-8,11,23,26H,9-10,12H2,(H,20,21). The average Bonchev–Trinajstić information content (AvgIpc) is 2.63. The van der Waals surface area contributed by atoms with Gasteiger partial charge in [-0.2, -0.15) is 0 Å². The summed E-state index contributed by atoms with van der Waals surface area (Å²) in [7, 11) is -2.86. The lowest BCUT2D eigenvalue weighted by Gasteiger charge is -2.14. The Kier molecular flexibility index (Phi) is 5.92. The lowest BCUT2D eigenvalue weighted by atomic mass is 10.1. The second kappa shape index (κ2) is 8.35. The second-order valence-corrected chi connectivity index (χ2v) is 6.98. The smallest absolute Gasteiger partial charge is 0.226 e. The number of aliphatic hydroxyl groups is 1. The molecular weight excluding hydrogens is 374 g/mol. The number of hydrogen-bond donors (Lipinski definition) is 3. The maximum atomic E-state index is 11.1. The summed E-state index contributed by atoms with van der Waals surface area (Å²) >= 11 is 6.08. The highest BCUT2D eigenvalue weighted by atomic mass is 35.5. The molecule has 1 aromatic heterocycles. The molecule has 26 heavy (non-hydrogen) atoms. The number of rotatable bonds is 7. The lowest BCUT2D eigenvalue weighted by Crippen LogP contribution is -2.21. The molecule has 0 aliphatic rings. The van der Waals surface area contributed by atoms with Gasteiger partial charge in [0.25, 0.3) is 0 Å². The largest absolute Gasteiger partial charge is 0.384 e. The molecule has 0 bridgehead atoms. The zero-order chi connectivity index (χ0) is 18.5. The van der Waals surface area contributed by atoms with Gasteiger partial charge in [-0.1, -0.05) is 41.9 Å². The summed E-state index contributed by atoms with van der Waals surface area (Å²) in [5.41, 5.74) is 3.24. The van der Waals surface area contributed by atoms with Crippen molar-refractivity contribution in [3.8, 4) is 0 Å². The van der Waals surface area contributed by atoms with Crippen LogP contribution in [0.3, 0.4) is 0 Å². The van der Waals surface area contributed by atoms with E-state index in [4.69, 9.17) is 16.7 Å². The van der Waals surface area contributed by atoms with Gasteiger partial charge in [0, 0.05) is 17.6 Å². The first-order chi connectivity index (χ1) is 12.6. The first-order valence-corrected chi connectivity index (χ1v) is 9.50. The fraction of sp³-hybridized carbons (Fsp3) is 0.167. The first kappa shape index (κ1) is 18.4. The Bertz CT molecular complexity index is 969. The Labute approximate surface area is 158 Å². The summed E-state index contributed by atoms with van der Waals surface area (Å²) in [5.74, 6) is 0. The van der Waals surface area contributed by atoms with Gasteiger partial charge in [-0.25, -0.2) is 17.7 Å². The molecule has 0 amide bonds. The monoisotopic (exact) mass is 391 g/mol. The van der Waals surface area contributed by atoms with Crippen molar-refractivity contribution in [2.24, 2.45) is 0 Å². The van der Waals surface area contributed by atoms with Crippen molar-refractivity contribution in [2.45, 2.75) is 6.42 Å². The number of hydrogen-bond acceptors (Lipinski definition) is 5. The summed E-state index contributed by atoms with van der Waals surface area (Å²) in [6.07, 6.45) is 0.747. The molecule has 0 radical (unpaired) electrons. The van der Waals surface area contributed by atoms with Crippen LogP contribution in [0.25, 0.3) is 10.9 Å². The molecule has 2 N–H and O–H groups in total. The Hall–Kier alpha value is -2.35. The molecule has 0 unspecified atom stereocenters. The number of aromatic nitrogens is 1. The van der Waals surface area contributed by atoms with E-state index in [1.807, 2.05) is 36.4 Å². The topological polar surface area (TPSA) is 82.5 Å². The van der Waals surface area contributed by atoms with E-state index in [1.54, 1.807) is 18.2 Å². The van der Waals surface area contributed by atoms with Gasteiger partial charge >= 0.3 is 0 Å². The van der Waals surface area contributed by atoms with Crippen LogP contribution in [0, 0.1) is 0 Å². The molecule has 1 heterocycles. The number of fused-ring (bicyclic) bond motifs is 1. The first-order valence-electron chi connectivity index (χ1n) is 7.99. The van der Waals surface area contributed by atoms with Crippen molar-refractivity contribution in [1.29, 1.82) is 0 Å². The van der Waals surface area contributed by atoms with Gasteiger partial charge in [0.05, 0.1) is 11.2 Å². The highest BCUT2D eigenvalue weighted by molar-refractivity contribution is 7.74. The Morgan fingerprint density at radius 2 is 1.85 bits per heavy atom. The SMILES string of the molecule is O=[SH](=O)N(CO)c1ccc(CCNc2cc(Cl)nc3ccccc23)cc1. The van der Waals surface area contributed by atoms with E-state index < -0.39 is 17.6 Å². The third-order valence-corrected chi connectivity index (χ3v) is 4.92. The molecule has 6 nitrogen and oxygen atoms in total. The van der Waals surface area contributed by atoms with Crippen molar-refractivity contribution < 1.29 is 13.5 Å². The number of nitrogens with one attached hydrogen (secondary N) is 1. The summed E-state index contributed by atoms with van der Waals surface area (Å²) in [6, 6.07) is 16.6. The molecule has 3 rings (SSSR count). The van der Waals surface area contributed by atoms with E-state index >= 15 is 0 Å². The molecule has 0 atom stereocenters. The number of thiol groups is 1. The maximum Gasteiger partial charge on any atom is 0.226 e. The van der Waals surface area contributed by atoms with Crippen molar-refractivity contribution in [1.82, 2.24) is 4.98 Å². The molecule has 0 fully saturated rings. The zero-order valence-corrected chi connectivity index (χ0v) is 15.5. The van der Waals surface area contributed by atoms with Crippen LogP contribution in [-0.2, 0) is 17.3 Å². The molecule has 0 aliphatic carbocycles. The minimum absolute atomic E-state index is 0.436. The summed E-state index contributed by atoms with van der Waals surface area (Å²) in [4.78, 5) is 4.30. The third-order valence-electron chi connectivity index (χ3n) is 3.98. The number of para-hydroxylation sites is 1. The Morgan fingerprint density at radius 1 is 1.12 bits per heavy atom. The van der Waals surface area contributed by atoms with Crippen LogP contribution < -0.4 is 9.62 Å². The Balaban J connectivity index is 1.67. The van der Waals surface area contributed by atoms with Crippen molar-refractivity contribution in [3.05, 3.63) is 65.3 Å². The number of aliphatic hydroxyl groups excluding tert-OH is 1. The maximum absolute atomic E-state index is 11.1. The van der Waals surface area contributed by atoms with E-state index in [0.29, 0.717) is 17.4 Å². The van der Waals surface area contributed by atoms with Gasteiger partial charge in [-0.15, -0.1) is 0 Å². The quantitative estimate of drug-likeness (QED) is 0.328. The molecule has 0 spiro atoms. The predicted octanol–water partition coefficient (Wildman–Crippen LogP) is 2.83. The molecular formula is C18H18ClN3O3S. The molecule has 0 saturated carbocycles. The number of nitrogens with zero attached hydrogens (tertiary/aromatic N) is 2. The van der Waals surface area contributed by atoms with Crippen LogP contribution in [0.5, 0.6) is 0 Å². The summed E-state index contributed by atoms with van der Waals surface area (Å²) < 4.78 is 23.0. The van der Waals surface area contributed by atoms with E-state index in [1.165, 1.54) is 0 Å². The molecule has 8 heteroatoms. The van der Waals surface area contributed by atoms with E-state index in [2.05, 4.69) is 10.3 Å². The predicted molar refractivity (Wildman–Crippen MR) is 105 cm³/mol. The van der Waals surface area contributed by atoms with Gasteiger partial charge in [-0.3, -0.25) is 0 Å². The number of pyridine rings is 1. The van der Waals surface area contributed by atoms with E-state index in [-0.39, 0.29) is 0 Å². The zero-order valence-electron chi connectivity index (χ0n) is 13.8. The number of benzene rings is 2. The van der Waals surface area contributed by atoms with Gasteiger partial charge in [0.2, 0.25) is 10.9 Å². The number of anilines is 2. The Morgan fingerprint density at radius 3 is 2.54 bits per heavy atom. The normalized spacial score (nSPS) is 11.0. The molecule has 2 aromatic carbocycles. The minimum Gasteiger partial charge on any atom is -0.384 e. The van der Waals surface area contributed by atoms with Crippen molar-refractivity contribution >= 4 is 44.8 Å². The highest BCUT2D eigenvalue weighted by Crippen LogP contribution is 2.25. The molecule has 3 aromatic rings. The van der Waals surface area contributed by atoms with Crippen LogP contribution in [0.15, 0.2) is 54.6 Å². The van der Waals surface area contributed by atoms with Crippen LogP contribution >= 0.6 is 11.6 Å². The molecule has 0 saturated heterocycles. The minimum atomic E-state index is -2.86. The van der Waals surface area contributed by atoms with Crippen LogP contribution in [0.2, 0.25) is 5.15 Å². The lowest BCUT2D eigenvalue weighted by molar-refractivity contribution is 0.310. The van der Waals surface area contributed by atoms with E-state index in [0.717, 1.165) is 32.9 Å². The molecule has 136 valence electrons. The van der Waals surface area contributed by atoms with Crippen LogP contribution in [-0.4, -0.2) is 31.8 Å². The van der Waals surface area contributed by atoms with Gasteiger partial charge < -0.3 is 10.4 Å². The van der Waals surface area contributed by atoms with Gasteiger partial charge in [0.1, 0.15) is 11.9 Å². The average molecular weight is 392 g/mol. The fourth-order valence-electron chi connectivity index (χ4n) is 2.69.